The fourth-order valence-electron chi connectivity index (χ4n) is 2.27. The van der Waals surface area contributed by atoms with Gasteiger partial charge in [0.05, 0.1) is 4.92 Å². The number of thioether (sulfide) groups is 1. The molecule has 0 aromatic heterocycles. The van der Waals surface area contributed by atoms with E-state index in [0.717, 1.165) is 0 Å². The van der Waals surface area contributed by atoms with E-state index in [-0.39, 0.29) is 17.2 Å². The molecule has 0 unspecified atom stereocenters. The minimum absolute atomic E-state index is 0.123. The number of carbonyl (C=O) groups is 2. The molecule has 0 fully saturated rings. The van der Waals surface area contributed by atoms with Crippen LogP contribution in [0.25, 0.3) is 0 Å². The highest BCUT2D eigenvalue weighted by atomic mass is 35.5. The molecule has 0 radical (unpaired) electrons. The van der Waals surface area contributed by atoms with Gasteiger partial charge in [0.2, 0.25) is 5.91 Å². The van der Waals surface area contributed by atoms with Crippen molar-refractivity contribution in [1.82, 2.24) is 5.32 Å². The van der Waals surface area contributed by atoms with Crippen molar-refractivity contribution < 1.29 is 14.5 Å². The van der Waals surface area contributed by atoms with Crippen molar-refractivity contribution >= 4 is 46.6 Å². The number of hydrogen-bond acceptors (Lipinski definition) is 5. The second-order valence-electron chi connectivity index (χ2n) is 5.61. The maximum absolute atomic E-state index is 12.6. The molecule has 0 aliphatic carbocycles. The van der Waals surface area contributed by atoms with Gasteiger partial charge in [-0.2, -0.15) is 11.8 Å². The Kier molecular flexibility index (Phi) is 7.63. The highest BCUT2D eigenvalue weighted by Crippen LogP contribution is 2.16. The lowest BCUT2D eigenvalue weighted by molar-refractivity contribution is -0.384. The lowest BCUT2D eigenvalue weighted by atomic mass is 10.1. The Bertz CT molecular complexity index is 830. The van der Waals surface area contributed by atoms with Crippen LogP contribution in [-0.2, 0) is 4.79 Å². The number of halogens is 1. The topological polar surface area (TPSA) is 101 Å². The number of carbonyl (C=O) groups excluding carboxylic acids is 2. The summed E-state index contributed by atoms with van der Waals surface area (Å²) in [5.41, 5.74) is 0.495. The summed E-state index contributed by atoms with van der Waals surface area (Å²) in [4.78, 5) is 35.3. The van der Waals surface area contributed by atoms with Gasteiger partial charge in [-0.15, -0.1) is 0 Å². The maximum atomic E-state index is 12.6. The fourth-order valence-corrected chi connectivity index (χ4v) is 2.87. The quantitative estimate of drug-likeness (QED) is 0.512. The van der Waals surface area contributed by atoms with Crippen LogP contribution in [0.1, 0.15) is 16.8 Å². The van der Waals surface area contributed by atoms with Gasteiger partial charge in [-0.3, -0.25) is 19.7 Å². The number of amides is 2. The molecule has 9 heteroatoms. The summed E-state index contributed by atoms with van der Waals surface area (Å²) in [6, 6.07) is 11.2. The van der Waals surface area contributed by atoms with Crippen LogP contribution >= 0.6 is 23.4 Å². The molecule has 0 saturated carbocycles. The van der Waals surface area contributed by atoms with Gasteiger partial charge >= 0.3 is 0 Å². The SMILES string of the molecule is CSCC[C@@H](NC(=O)c1cccc([N+](=O)[O-])c1)C(=O)Nc1ccc(Cl)cc1. The molecule has 0 spiro atoms. The molecule has 0 aliphatic heterocycles. The molecule has 2 aromatic rings. The van der Waals surface area contributed by atoms with Gasteiger partial charge in [0.15, 0.2) is 0 Å². The summed E-state index contributed by atoms with van der Waals surface area (Å²) in [5, 5.41) is 16.8. The second-order valence-corrected chi connectivity index (χ2v) is 7.03. The number of hydrogen-bond donors (Lipinski definition) is 2. The Morgan fingerprint density at radius 3 is 2.56 bits per heavy atom. The van der Waals surface area contributed by atoms with E-state index < -0.39 is 16.9 Å². The first-order chi connectivity index (χ1) is 12.9. The van der Waals surface area contributed by atoms with E-state index in [4.69, 9.17) is 11.6 Å². The lowest BCUT2D eigenvalue weighted by Crippen LogP contribution is -2.44. The van der Waals surface area contributed by atoms with Crippen LogP contribution in [0.4, 0.5) is 11.4 Å². The van der Waals surface area contributed by atoms with Crippen LogP contribution < -0.4 is 10.6 Å². The van der Waals surface area contributed by atoms with E-state index in [0.29, 0.717) is 22.9 Å². The molecule has 2 rings (SSSR count). The van der Waals surface area contributed by atoms with Crippen molar-refractivity contribution in [2.75, 3.05) is 17.3 Å². The third-order valence-corrected chi connectivity index (χ3v) is 4.56. The number of nitro benzene ring substituents is 1. The van der Waals surface area contributed by atoms with E-state index in [1.54, 1.807) is 36.0 Å². The summed E-state index contributed by atoms with van der Waals surface area (Å²) in [6.45, 7) is 0. The Hall–Kier alpha value is -2.58. The molecule has 142 valence electrons. The zero-order chi connectivity index (χ0) is 19.8. The Labute approximate surface area is 165 Å². The number of anilines is 1. The highest BCUT2D eigenvalue weighted by Gasteiger charge is 2.22. The third kappa shape index (κ3) is 6.26. The molecule has 2 aromatic carbocycles. The average Bonchev–Trinajstić information content (AvgIpc) is 2.66. The van der Waals surface area contributed by atoms with Crippen molar-refractivity contribution in [3.8, 4) is 0 Å². The molecule has 0 heterocycles. The van der Waals surface area contributed by atoms with E-state index in [1.165, 1.54) is 24.3 Å². The molecule has 1 atom stereocenters. The summed E-state index contributed by atoms with van der Waals surface area (Å²) in [5.74, 6) is -0.255. The molecule has 2 N–H and O–H groups in total. The number of nitrogens with zero attached hydrogens (tertiary/aromatic N) is 1. The van der Waals surface area contributed by atoms with Crippen LogP contribution in [-0.4, -0.2) is 34.8 Å². The fraction of sp³-hybridized carbons (Fsp3) is 0.222. The summed E-state index contributed by atoms with van der Waals surface area (Å²) in [7, 11) is 0. The largest absolute Gasteiger partial charge is 0.340 e. The van der Waals surface area contributed by atoms with E-state index in [9.17, 15) is 19.7 Å². The van der Waals surface area contributed by atoms with Gasteiger partial charge in [0, 0.05) is 28.4 Å². The maximum Gasteiger partial charge on any atom is 0.270 e. The van der Waals surface area contributed by atoms with E-state index in [2.05, 4.69) is 10.6 Å². The van der Waals surface area contributed by atoms with Crippen molar-refractivity contribution in [2.45, 2.75) is 12.5 Å². The van der Waals surface area contributed by atoms with Crippen LogP contribution in [0.2, 0.25) is 5.02 Å². The number of nitrogens with one attached hydrogen (secondary N) is 2. The molecule has 0 saturated heterocycles. The van der Waals surface area contributed by atoms with Crippen LogP contribution in [0.5, 0.6) is 0 Å². The minimum Gasteiger partial charge on any atom is -0.340 e. The van der Waals surface area contributed by atoms with E-state index in [1.807, 2.05) is 6.26 Å². The molecule has 27 heavy (non-hydrogen) atoms. The number of benzene rings is 2. The van der Waals surface area contributed by atoms with Crippen molar-refractivity contribution in [1.29, 1.82) is 0 Å². The number of non-ortho nitro benzene ring substituents is 1. The van der Waals surface area contributed by atoms with Crippen molar-refractivity contribution in [3.63, 3.8) is 0 Å². The first kappa shape index (κ1) is 20.7. The normalized spacial score (nSPS) is 11.5. The zero-order valence-electron chi connectivity index (χ0n) is 14.5. The minimum atomic E-state index is -0.778. The number of rotatable bonds is 8. The monoisotopic (exact) mass is 407 g/mol. The molecule has 0 bridgehead atoms. The van der Waals surface area contributed by atoms with Gasteiger partial charge < -0.3 is 10.6 Å². The number of nitro groups is 1. The smallest absolute Gasteiger partial charge is 0.270 e. The molecular formula is C18H18ClN3O4S. The standard InChI is InChI=1S/C18H18ClN3O4S/c1-27-10-9-16(18(24)20-14-7-5-13(19)6-8-14)21-17(23)12-3-2-4-15(11-12)22(25)26/h2-8,11,16H,9-10H2,1H3,(H,20,24)(H,21,23)/t16-/m1/s1. The highest BCUT2D eigenvalue weighted by molar-refractivity contribution is 7.98. The predicted molar refractivity (Wildman–Crippen MR) is 107 cm³/mol. The van der Waals surface area contributed by atoms with Crippen LogP contribution in [0.3, 0.4) is 0 Å². The van der Waals surface area contributed by atoms with Crippen LogP contribution in [0.15, 0.2) is 48.5 Å². The van der Waals surface area contributed by atoms with Crippen molar-refractivity contribution in [3.05, 3.63) is 69.2 Å². The molecule has 2 amide bonds. The zero-order valence-corrected chi connectivity index (χ0v) is 16.0. The Morgan fingerprint density at radius 2 is 1.93 bits per heavy atom. The first-order valence-corrected chi connectivity index (χ1v) is 9.78. The molecule has 7 nitrogen and oxygen atoms in total. The summed E-state index contributed by atoms with van der Waals surface area (Å²) < 4.78 is 0. The Morgan fingerprint density at radius 1 is 1.22 bits per heavy atom. The summed E-state index contributed by atoms with van der Waals surface area (Å²) >= 11 is 7.38. The lowest BCUT2D eigenvalue weighted by Gasteiger charge is -2.18. The van der Waals surface area contributed by atoms with Crippen molar-refractivity contribution in [2.24, 2.45) is 0 Å². The molecule has 0 aliphatic rings. The predicted octanol–water partition coefficient (Wildman–Crippen LogP) is 3.74. The van der Waals surface area contributed by atoms with Crippen LogP contribution in [0, 0.1) is 10.1 Å². The van der Waals surface area contributed by atoms with Gasteiger partial charge in [-0.1, -0.05) is 17.7 Å². The first-order valence-electron chi connectivity index (χ1n) is 8.01. The average molecular weight is 408 g/mol. The van der Waals surface area contributed by atoms with Gasteiger partial charge in [0.25, 0.3) is 11.6 Å². The molecular weight excluding hydrogens is 390 g/mol. The van der Waals surface area contributed by atoms with Gasteiger partial charge in [-0.25, -0.2) is 0 Å². The Balaban J connectivity index is 2.11. The van der Waals surface area contributed by atoms with E-state index >= 15 is 0 Å². The summed E-state index contributed by atoms with van der Waals surface area (Å²) in [6.07, 6.45) is 2.32. The second kappa shape index (κ2) is 9.94. The third-order valence-electron chi connectivity index (χ3n) is 3.66. The van der Waals surface area contributed by atoms with Gasteiger partial charge in [-0.05, 0) is 48.8 Å². The van der Waals surface area contributed by atoms with Gasteiger partial charge in [0.1, 0.15) is 6.04 Å².